The summed E-state index contributed by atoms with van der Waals surface area (Å²) in [4.78, 5) is 29.3. The van der Waals surface area contributed by atoms with Crippen molar-refractivity contribution in [3.05, 3.63) is 46.7 Å². The molecule has 2 N–H and O–H groups in total. The number of carbonyl (C=O) groups excluding carboxylic acids is 2. The van der Waals surface area contributed by atoms with Crippen LogP contribution in [0.2, 0.25) is 0 Å². The first-order chi connectivity index (χ1) is 12.5. The third kappa shape index (κ3) is 4.45. The van der Waals surface area contributed by atoms with E-state index in [9.17, 15) is 9.59 Å². The zero-order chi connectivity index (χ0) is 18.5. The second-order valence-corrected chi connectivity index (χ2v) is 7.13. The summed E-state index contributed by atoms with van der Waals surface area (Å²) in [6, 6.07) is 6.94. The Morgan fingerprint density at radius 2 is 2.15 bits per heavy atom. The van der Waals surface area contributed by atoms with E-state index in [2.05, 4.69) is 20.7 Å². The lowest BCUT2D eigenvalue weighted by atomic mass is 10.1. The fraction of sp³-hybridized carbons (Fsp3) is 0.333. The van der Waals surface area contributed by atoms with E-state index in [1.54, 1.807) is 28.8 Å². The van der Waals surface area contributed by atoms with Crippen molar-refractivity contribution in [3.63, 3.8) is 0 Å². The Hall–Kier alpha value is -2.74. The third-order valence-electron chi connectivity index (χ3n) is 3.75. The molecule has 0 fully saturated rings. The number of nitrogens with zero attached hydrogens (tertiary/aromatic N) is 3. The highest BCUT2D eigenvalue weighted by molar-refractivity contribution is 7.16. The zero-order valence-electron chi connectivity index (χ0n) is 14.8. The summed E-state index contributed by atoms with van der Waals surface area (Å²) in [5.41, 5.74) is 2.04. The molecular weight excluding hydrogens is 350 g/mol. The van der Waals surface area contributed by atoms with Crippen LogP contribution < -0.4 is 10.6 Å². The number of aryl methyl sites for hydroxylation is 1. The van der Waals surface area contributed by atoms with E-state index in [0.717, 1.165) is 22.1 Å². The Bertz CT molecular complexity index is 899. The molecule has 7 nitrogen and oxygen atoms in total. The van der Waals surface area contributed by atoms with E-state index < -0.39 is 0 Å². The average molecular weight is 371 g/mol. The van der Waals surface area contributed by atoms with Crippen LogP contribution in [0.15, 0.2) is 30.5 Å². The number of carbonyl (C=O) groups is 2. The molecule has 136 valence electrons. The molecule has 0 unspecified atom stereocenters. The molecule has 0 aliphatic carbocycles. The van der Waals surface area contributed by atoms with Crippen LogP contribution >= 0.6 is 11.3 Å². The van der Waals surface area contributed by atoms with Gasteiger partial charge in [0.05, 0.1) is 11.9 Å². The molecule has 8 heteroatoms. The lowest BCUT2D eigenvalue weighted by Crippen LogP contribution is -2.26. The Morgan fingerprint density at radius 1 is 1.31 bits per heavy atom. The van der Waals surface area contributed by atoms with E-state index in [4.69, 9.17) is 0 Å². The summed E-state index contributed by atoms with van der Waals surface area (Å²) in [5.74, 6) is -0.222. The molecule has 0 bridgehead atoms. The SMILES string of the molecule is CCCC(=O)Nc1cccc(C(=O)NCCc2cn3nc(C)sc3n2)c1. The first kappa shape index (κ1) is 18.1. The summed E-state index contributed by atoms with van der Waals surface area (Å²) in [6.45, 7) is 4.37. The minimum Gasteiger partial charge on any atom is -0.352 e. The van der Waals surface area contributed by atoms with Gasteiger partial charge in [-0.2, -0.15) is 5.10 Å². The van der Waals surface area contributed by atoms with Gasteiger partial charge in [-0.25, -0.2) is 9.50 Å². The highest BCUT2D eigenvalue weighted by Gasteiger charge is 2.09. The van der Waals surface area contributed by atoms with Gasteiger partial charge in [0, 0.05) is 30.6 Å². The van der Waals surface area contributed by atoms with Crippen molar-refractivity contribution in [3.8, 4) is 0 Å². The predicted octanol–water partition coefficient (Wildman–Crippen LogP) is 2.81. The maximum absolute atomic E-state index is 12.3. The molecule has 26 heavy (non-hydrogen) atoms. The van der Waals surface area contributed by atoms with E-state index in [1.807, 2.05) is 20.0 Å². The Kier molecular flexibility index (Phi) is 5.62. The highest BCUT2D eigenvalue weighted by atomic mass is 32.1. The second-order valence-electron chi connectivity index (χ2n) is 5.97. The highest BCUT2D eigenvalue weighted by Crippen LogP contribution is 2.14. The average Bonchev–Trinajstić information content (AvgIpc) is 3.12. The number of hydrogen-bond acceptors (Lipinski definition) is 5. The predicted molar refractivity (Wildman–Crippen MR) is 102 cm³/mol. The van der Waals surface area contributed by atoms with E-state index >= 15 is 0 Å². The van der Waals surface area contributed by atoms with Crippen LogP contribution in [0, 0.1) is 6.92 Å². The van der Waals surface area contributed by atoms with Crippen LogP contribution in [0.5, 0.6) is 0 Å². The lowest BCUT2D eigenvalue weighted by molar-refractivity contribution is -0.116. The van der Waals surface area contributed by atoms with Gasteiger partial charge in [0.15, 0.2) is 0 Å². The molecule has 2 heterocycles. The number of benzene rings is 1. The summed E-state index contributed by atoms with van der Waals surface area (Å²) in [5, 5.41) is 11.0. The molecule has 0 aliphatic rings. The van der Waals surface area contributed by atoms with Crippen molar-refractivity contribution in [1.82, 2.24) is 19.9 Å². The summed E-state index contributed by atoms with van der Waals surface area (Å²) in [7, 11) is 0. The van der Waals surface area contributed by atoms with Gasteiger partial charge in [0.25, 0.3) is 5.91 Å². The van der Waals surface area contributed by atoms with Crippen LogP contribution in [-0.4, -0.2) is 33.0 Å². The van der Waals surface area contributed by atoms with Gasteiger partial charge in [-0.1, -0.05) is 24.3 Å². The number of fused-ring (bicyclic) bond motifs is 1. The van der Waals surface area contributed by atoms with E-state index in [0.29, 0.717) is 30.6 Å². The van der Waals surface area contributed by atoms with Gasteiger partial charge >= 0.3 is 0 Å². The maximum Gasteiger partial charge on any atom is 0.251 e. The van der Waals surface area contributed by atoms with Crippen LogP contribution in [-0.2, 0) is 11.2 Å². The first-order valence-electron chi connectivity index (χ1n) is 8.55. The molecule has 0 aliphatic heterocycles. The molecule has 0 saturated carbocycles. The van der Waals surface area contributed by atoms with Crippen molar-refractivity contribution in [2.45, 2.75) is 33.1 Å². The second kappa shape index (κ2) is 8.09. The van der Waals surface area contributed by atoms with Gasteiger partial charge in [-0.15, -0.1) is 0 Å². The molecule has 0 saturated heterocycles. The maximum atomic E-state index is 12.3. The first-order valence-corrected chi connectivity index (χ1v) is 9.36. The van der Waals surface area contributed by atoms with Crippen molar-refractivity contribution in [2.24, 2.45) is 0 Å². The minimum atomic E-state index is -0.174. The van der Waals surface area contributed by atoms with Crippen LogP contribution in [0.1, 0.15) is 40.8 Å². The van der Waals surface area contributed by atoms with Crippen molar-refractivity contribution in [2.75, 3.05) is 11.9 Å². The van der Waals surface area contributed by atoms with Crippen molar-refractivity contribution >= 4 is 33.8 Å². The molecule has 0 radical (unpaired) electrons. The number of nitrogens with one attached hydrogen (secondary N) is 2. The third-order valence-corrected chi connectivity index (χ3v) is 4.58. The van der Waals surface area contributed by atoms with E-state index in [1.165, 1.54) is 11.3 Å². The van der Waals surface area contributed by atoms with Gasteiger partial charge in [0.1, 0.15) is 5.01 Å². The Morgan fingerprint density at radius 3 is 2.92 bits per heavy atom. The topological polar surface area (TPSA) is 88.4 Å². The Balaban J connectivity index is 1.54. The Labute approximate surface area is 155 Å². The number of aromatic nitrogens is 3. The van der Waals surface area contributed by atoms with E-state index in [-0.39, 0.29) is 11.8 Å². The fourth-order valence-corrected chi connectivity index (χ4v) is 3.30. The molecule has 0 spiro atoms. The van der Waals surface area contributed by atoms with Gasteiger partial charge in [-0.05, 0) is 31.5 Å². The van der Waals surface area contributed by atoms with Gasteiger partial charge in [-0.3, -0.25) is 9.59 Å². The summed E-state index contributed by atoms with van der Waals surface area (Å²) >= 11 is 1.54. The summed E-state index contributed by atoms with van der Waals surface area (Å²) in [6.07, 6.45) is 3.77. The van der Waals surface area contributed by atoms with Crippen molar-refractivity contribution in [1.29, 1.82) is 0 Å². The number of anilines is 1. The van der Waals surface area contributed by atoms with Gasteiger partial charge in [0.2, 0.25) is 10.9 Å². The normalized spacial score (nSPS) is 10.8. The molecule has 2 amide bonds. The quantitative estimate of drug-likeness (QED) is 0.668. The van der Waals surface area contributed by atoms with Gasteiger partial charge < -0.3 is 10.6 Å². The molecule has 0 atom stereocenters. The number of amides is 2. The fourth-order valence-electron chi connectivity index (χ4n) is 2.56. The molecular formula is C18H21N5O2S. The zero-order valence-corrected chi connectivity index (χ0v) is 15.6. The molecule has 3 aromatic rings. The minimum absolute atomic E-state index is 0.0475. The standard InChI is InChI=1S/C18H21N5O2S/c1-3-5-16(24)20-14-7-4-6-13(10-14)17(25)19-9-8-15-11-23-18(21-15)26-12(2)22-23/h4,6-7,10-11H,3,5,8-9H2,1-2H3,(H,19,25)(H,20,24). The molecule has 2 aromatic heterocycles. The number of hydrogen-bond donors (Lipinski definition) is 2. The summed E-state index contributed by atoms with van der Waals surface area (Å²) < 4.78 is 1.76. The number of rotatable bonds is 7. The monoisotopic (exact) mass is 371 g/mol. The van der Waals surface area contributed by atoms with Crippen LogP contribution in [0.4, 0.5) is 5.69 Å². The number of imidazole rings is 1. The largest absolute Gasteiger partial charge is 0.352 e. The molecule has 1 aromatic carbocycles. The lowest BCUT2D eigenvalue weighted by Gasteiger charge is -2.08. The van der Waals surface area contributed by atoms with Crippen LogP contribution in [0.25, 0.3) is 4.96 Å². The molecule has 3 rings (SSSR count). The van der Waals surface area contributed by atoms with Crippen molar-refractivity contribution < 1.29 is 9.59 Å². The van der Waals surface area contributed by atoms with Crippen LogP contribution in [0.3, 0.4) is 0 Å². The smallest absolute Gasteiger partial charge is 0.251 e.